The van der Waals surface area contributed by atoms with Gasteiger partial charge in [0.25, 0.3) is 0 Å². The van der Waals surface area contributed by atoms with Crippen LogP contribution in [0.25, 0.3) is 18.2 Å². The summed E-state index contributed by atoms with van der Waals surface area (Å²) < 4.78 is 0. The molecule has 0 atom stereocenters. The molecule has 166 valence electrons. The van der Waals surface area contributed by atoms with E-state index in [1.54, 1.807) is 18.2 Å². The Labute approximate surface area is 201 Å². The van der Waals surface area contributed by atoms with Crippen molar-refractivity contribution in [2.45, 2.75) is 0 Å². The van der Waals surface area contributed by atoms with E-state index >= 15 is 0 Å². The first-order chi connectivity index (χ1) is 16.7. The molecule has 0 bridgehead atoms. The second kappa shape index (κ2) is 13.8. The quantitative estimate of drug-likeness (QED) is 0.218. The van der Waals surface area contributed by atoms with E-state index in [-0.39, 0.29) is 11.6 Å². The van der Waals surface area contributed by atoms with Gasteiger partial charge in [0.1, 0.15) is 0 Å². The number of carbonyl (C=O) groups excluding carboxylic acids is 2. The van der Waals surface area contributed by atoms with Gasteiger partial charge in [0.2, 0.25) is 0 Å². The Balaban J connectivity index is 0.000000192. The van der Waals surface area contributed by atoms with Crippen LogP contribution in [0.5, 0.6) is 0 Å². The molecular weight excluding hydrogens is 416 g/mol. The number of rotatable bonds is 7. The van der Waals surface area contributed by atoms with Crippen LogP contribution in [0.2, 0.25) is 0 Å². The number of carbonyl (C=O) groups is 2. The zero-order chi connectivity index (χ0) is 23.8. The summed E-state index contributed by atoms with van der Waals surface area (Å²) in [6, 6.07) is 38.6. The van der Waals surface area contributed by atoms with Gasteiger partial charge in [-0.2, -0.15) is 0 Å². The summed E-state index contributed by atoms with van der Waals surface area (Å²) in [5.41, 5.74) is 3.80. The molecule has 4 rings (SSSR count). The molecule has 0 aliphatic heterocycles. The maximum Gasteiger partial charge on any atom is 0.185 e. The molecule has 0 N–H and O–H groups in total. The summed E-state index contributed by atoms with van der Waals surface area (Å²) >= 11 is 0. The van der Waals surface area contributed by atoms with Gasteiger partial charge in [-0.15, -0.1) is 0 Å². The van der Waals surface area contributed by atoms with Gasteiger partial charge in [0.05, 0.1) is 0 Å². The highest BCUT2D eigenvalue weighted by atomic mass is 16.1. The Morgan fingerprint density at radius 2 is 0.735 bits per heavy atom. The van der Waals surface area contributed by atoms with Crippen molar-refractivity contribution in [2.75, 3.05) is 0 Å². The first-order valence-corrected chi connectivity index (χ1v) is 11.0. The normalized spacial score (nSPS) is 10.8. The number of benzene rings is 4. The molecule has 0 saturated carbocycles. The van der Waals surface area contributed by atoms with Gasteiger partial charge in [0.15, 0.2) is 11.6 Å². The zero-order valence-corrected chi connectivity index (χ0v) is 18.8. The maximum absolute atomic E-state index is 11.7. The number of hydrogen-bond acceptors (Lipinski definition) is 2. The van der Waals surface area contributed by atoms with Crippen molar-refractivity contribution in [3.05, 3.63) is 162 Å². The molecule has 0 radical (unpaired) electrons. The summed E-state index contributed by atoms with van der Waals surface area (Å²) in [5.74, 6) is 0.0205. The highest BCUT2D eigenvalue weighted by molar-refractivity contribution is 6.06. The topological polar surface area (TPSA) is 34.1 Å². The Morgan fingerprint density at radius 3 is 1.12 bits per heavy atom. The molecule has 0 aliphatic rings. The molecule has 4 aromatic carbocycles. The zero-order valence-electron chi connectivity index (χ0n) is 18.8. The second-order valence-corrected chi connectivity index (χ2v) is 7.36. The van der Waals surface area contributed by atoms with E-state index in [9.17, 15) is 9.59 Å². The third kappa shape index (κ3) is 8.89. The third-order valence-corrected chi connectivity index (χ3v) is 4.76. The van der Waals surface area contributed by atoms with Crippen molar-refractivity contribution in [3.8, 4) is 0 Å². The summed E-state index contributed by atoms with van der Waals surface area (Å²) in [5, 5.41) is 0. The van der Waals surface area contributed by atoms with Crippen LogP contribution < -0.4 is 0 Å². The van der Waals surface area contributed by atoms with E-state index in [0.717, 1.165) is 22.3 Å². The molecule has 0 fully saturated rings. The summed E-state index contributed by atoms with van der Waals surface area (Å²) in [6.45, 7) is 0. The van der Waals surface area contributed by atoms with E-state index in [0.29, 0.717) is 0 Å². The monoisotopic (exact) mass is 442 g/mol. The van der Waals surface area contributed by atoms with E-state index in [1.165, 1.54) is 0 Å². The van der Waals surface area contributed by atoms with Crippen molar-refractivity contribution in [2.24, 2.45) is 0 Å². The lowest BCUT2D eigenvalue weighted by Gasteiger charge is -1.94. The highest BCUT2D eigenvalue weighted by Crippen LogP contribution is 2.06. The lowest BCUT2D eigenvalue weighted by atomic mass is 10.1. The van der Waals surface area contributed by atoms with E-state index < -0.39 is 0 Å². The molecular formula is C32H26O2. The van der Waals surface area contributed by atoms with E-state index in [4.69, 9.17) is 0 Å². The van der Waals surface area contributed by atoms with Crippen LogP contribution in [0.4, 0.5) is 0 Å². The fraction of sp³-hybridized carbons (Fsp3) is 0. The smallest absolute Gasteiger partial charge is 0.185 e. The van der Waals surface area contributed by atoms with Gasteiger partial charge in [0, 0.05) is 5.56 Å². The molecule has 0 spiro atoms. The summed E-state index contributed by atoms with van der Waals surface area (Å²) in [6.07, 6.45) is 10.2. The molecule has 4 aromatic rings. The molecule has 0 heterocycles. The van der Waals surface area contributed by atoms with Crippen molar-refractivity contribution in [1.29, 1.82) is 0 Å². The second-order valence-electron chi connectivity index (χ2n) is 7.36. The average molecular weight is 443 g/mol. The van der Waals surface area contributed by atoms with Gasteiger partial charge in [-0.25, -0.2) is 0 Å². The standard InChI is InChI=1S/C17H14O.C15H12O/c18-17(13-11-15-7-3-1-4-8-15)14-12-16-9-5-2-6-10-16;16-15(14-9-5-2-6-10-14)12-11-13-7-3-1-4-8-13/h1-14H;1-12H. The van der Waals surface area contributed by atoms with Gasteiger partial charge in [-0.3, -0.25) is 9.59 Å². The Kier molecular flexibility index (Phi) is 9.75. The Morgan fingerprint density at radius 1 is 0.412 bits per heavy atom. The van der Waals surface area contributed by atoms with Gasteiger partial charge < -0.3 is 0 Å². The predicted molar refractivity (Wildman–Crippen MR) is 142 cm³/mol. The SMILES string of the molecule is O=C(C=Cc1ccccc1)C=Cc1ccccc1.O=C(C=Cc1ccccc1)c1ccccc1. The van der Waals surface area contributed by atoms with Crippen molar-refractivity contribution in [3.63, 3.8) is 0 Å². The van der Waals surface area contributed by atoms with Crippen molar-refractivity contribution in [1.82, 2.24) is 0 Å². The number of allylic oxidation sites excluding steroid dienone is 3. The fourth-order valence-electron chi connectivity index (χ4n) is 2.98. The van der Waals surface area contributed by atoms with Crippen LogP contribution >= 0.6 is 0 Å². The first-order valence-electron chi connectivity index (χ1n) is 11.0. The summed E-state index contributed by atoms with van der Waals surface area (Å²) in [4.78, 5) is 23.3. The largest absolute Gasteiger partial charge is 0.290 e. The lowest BCUT2D eigenvalue weighted by Crippen LogP contribution is -1.92. The third-order valence-electron chi connectivity index (χ3n) is 4.76. The lowest BCUT2D eigenvalue weighted by molar-refractivity contribution is -0.110. The van der Waals surface area contributed by atoms with Crippen molar-refractivity contribution < 1.29 is 9.59 Å². The van der Waals surface area contributed by atoms with Crippen LogP contribution in [0, 0.1) is 0 Å². The number of ketones is 2. The first kappa shape index (κ1) is 24.1. The van der Waals surface area contributed by atoms with E-state index in [1.807, 2.05) is 140 Å². The average Bonchev–Trinajstić information content (AvgIpc) is 2.92. The molecule has 2 nitrogen and oxygen atoms in total. The van der Waals surface area contributed by atoms with Crippen LogP contribution in [0.15, 0.2) is 140 Å². The Hall–Kier alpha value is -4.56. The molecule has 0 saturated heterocycles. The predicted octanol–water partition coefficient (Wildman–Crippen LogP) is 7.57. The minimum absolute atomic E-state index is 0.0114. The molecule has 0 amide bonds. The van der Waals surface area contributed by atoms with Gasteiger partial charge in [-0.05, 0) is 34.9 Å². The molecule has 0 aromatic heterocycles. The fourth-order valence-corrected chi connectivity index (χ4v) is 2.98. The van der Waals surface area contributed by atoms with Gasteiger partial charge in [-0.1, -0.05) is 140 Å². The molecule has 2 heteroatoms. The minimum Gasteiger partial charge on any atom is -0.290 e. The summed E-state index contributed by atoms with van der Waals surface area (Å²) in [7, 11) is 0. The van der Waals surface area contributed by atoms with E-state index in [2.05, 4.69) is 0 Å². The Bertz CT molecular complexity index is 1190. The molecule has 0 aliphatic carbocycles. The van der Waals surface area contributed by atoms with Crippen LogP contribution in [-0.4, -0.2) is 11.6 Å². The maximum atomic E-state index is 11.7. The van der Waals surface area contributed by atoms with Crippen LogP contribution in [0.1, 0.15) is 27.0 Å². The van der Waals surface area contributed by atoms with Crippen LogP contribution in [-0.2, 0) is 4.79 Å². The molecule has 34 heavy (non-hydrogen) atoms. The number of hydrogen-bond donors (Lipinski definition) is 0. The van der Waals surface area contributed by atoms with Crippen LogP contribution in [0.3, 0.4) is 0 Å². The van der Waals surface area contributed by atoms with Gasteiger partial charge >= 0.3 is 0 Å². The molecule has 0 unspecified atom stereocenters. The van der Waals surface area contributed by atoms with Crippen molar-refractivity contribution >= 4 is 29.8 Å². The minimum atomic E-state index is -0.0114. The highest BCUT2D eigenvalue weighted by Gasteiger charge is 1.98.